The number of morpholine rings is 1. The summed E-state index contributed by atoms with van der Waals surface area (Å²) < 4.78 is 7.99. The third-order valence-electron chi connectivity index (χ3n) is 4.44. The van der Waals surface area contributed by atoms with E-state index >= 15 is 0 Å². The molecule has 0 saturated carbocycles. The highest BCUT2D eigenvalue weighted by atomic mass is 16.5. The Morgan fingerprint density at radius 1 is 1.26 bits per heavy atom. The van der Waals surface area contributed by atoms with E-state index in [4.69, 9.17) is 4.74 Å². The second-order valence-corrected chi connectivity index (χ2v) is 5.99. The minimum atomic E-state index is 0.0392. The van der Waals surface area contributed by atoms with E-state index in [1.807, 2.05) is 10.6 Å². The number of ether oxygens (including phenoxy) is 1. The third-order valence-corrected chi connectivity index (χ3v) is 4.44. The van der Waals surface area contributed by atoms with Crippen LogP contribution in [0.25, 0.3) is 5.65 Å². The van der Waals surface area contributed by atoms with E-state index in [2.05, 4.69) is 58.2 Å². The lowest BCUT2D eigenvalue weighted by molar-refractivity contribution is 0.0209. The zero-order valence-corrected chi connectivity index (χ0v) is 13.3. The summed E-state index contributed by atoms with van der Waals surface area (Å²) >= 11 is 0. The first-order chi connectivity index (χ1) is 11.2. The monoisotopic (exact) mass is 309 g/mol. The average Bonchev–Trinajstić information content (AvgIpc) is 3.05. The van der Waals surface area contributed by atoms with Crippen molar-refractivity contribution in [3.05, 3.63) is 54.1 Å². The molecule has 0 spiro atoms. The lowest BCUT2D eigenvalue weighted by Crippen LogP contribution is -2.46. The fourth-order valence-corrected chi connectivity index (χ4v) is 3.14. The molecule has 3 heterocycles. The molecule has 118 valence electrons. The molecule has 1 fully saturated rings. The minimum Gasteiger partial charge on any atom is -0.370 e. The summed E-state index contributed by atoms with van der Waals surface area (Å²) in [7, 11) is 0. The molecule has 1 aliphatic heterocycles. The van der Waals surface area contributed by atoms with Gasteiger partial charge in [-0.25, -0.2) is 4.98 Å². The summed E-state index contributed by atoms with van der Waals surface area (Å²) in [5.74, 6) is 0.861. The van der Waals surface area contributed by atoms with Gasteiger partial charge in [-0.15, -0.1) is 10.2 Å². The summed E-state index contributed by atoms with van der Waals surface area (Å²) in [6, 6.07) is 8.62. The number of fused-ring (bicyclic) bond motifs is 1. The average molecular weight is 309 g/mol. The highest BCUT2D eigenvalue weighted by Gasteiger charge is 2.30. The van der Waals surface area contributed by atoms with E-state index in [-0.39, 0.29) is 12.1 Å². The van der Waals surface area contributed by atoms with Crippen molar-refractivity contribution in [2.45, 2.75) is 26.0 Å². The van der Waals surface area contributed by atoms with Gasteiger partial charge in [-0.2, -0.15) is 0 Å². The van der Waals surface area contributed by atoms with Gasteiger partial charge in [-0.1, -0.05) is 24.3 Å². The molecule has 6 heteroatoms. The second kappa shape index (κ2) is 5.62. The summed E-state index contributed by atoms with van der Waals surface area (Å²) in [5, 5.41) is 8.20. The summed E-state index contributed by atoms with van der Waals surface area (Å²) in [6.07, 6.45) is 5.39. The fourth-order valence-electron chi connectivity index (χ4n) is 3.14. The number of aromatic nitrogens is 4. The first kappa shape index (κ1) is 14.1. The molecule has 2 aromatic heterocycles. The van der Waals surface area contributed by atoms with Crippen LogP contribution in [0.3, 0.4) is 0 Å². The van der Waals surface area contributed by atoms with Crippen LogP contribution in [0.4, 0.5) is 5.82 Å². The maximum Gasteiger partial charge on any atom is 0.203 e. The van der Waals surface area contributed by atoms with Crippen LogP contribution in [-0.4, -0.2) is 38.8 Å². The van der Waals surface area contributed by atoms with Crippen LogP contribution >= 0.6 is 0 Å². The number of rotatable bonds is 2. The van der Waals surface area contributed by atoms with Gasteiger partial charge in [0.05, 0.1) is 19.2 Å². The Balaban J connectivity index is 1.70. The van der Waals surface area contributed by atoms with E-state index < -0.39 is 0 Å². The number of benzene rings is 1. The molecule has 0 bridgehead atoms. The Labute approximate surface area is 134 Å². The van der Waals surface area contributed by atoms with Crippen LogP contribution in [0.15, 0.2) is 43.0 Å². The normalized spacial score (nSPS) is 21.7. The molecule has 4 rings (SSSR count). The molecule has 0 aliphatic carbocycles. The Morgan fingerprint density at radius 2 is 2.13 bits per heavy atom. The van der Waals surface area contributed by atoms with Crippen molar-refractivity contribution in [2.24, 2.45) is 0 Å². The van der Waals surface area contributed by atoms with Crippen LogP contribution in [0.1, 0.15) is 24.2 Å². The van der Waals surface area contributed by atoms with Gasteiger partial charge in [0.25, 0.3) is 0 Å². The minimum absolute atomic E-state index is 0.0392. The highest BCUT2D eigenvalue weighted by molar-refractivity contribution is 5.64. The van der Waals surface area contributed by atoms with E-state index in [0.29, 0.717) is 6.61 Å². The van der Waals surface area contributed by atoms with Crippen LogP contribution in [-0.2, 0) is 4.74 Å². The van der Waals surface area contributed by atoms with Gasteiger partial charge in [-0.3, -0.25) is 4.40 Å². The topological polar surface area (TPSA) is 55.6 Å². The second-order valence-electron chi connectivity index (χ2n) is 5.99. The van der Waals surface area contributed by atoms with Crippen molar-refractivity contribution in [2.75, 3.05) is 18.1 Å². The molecule has 0 N–H and O–H groups in total. The maximum absolute atomic E-state index is 6.09. The van der Waals surface area contributed by atoms with Crippen LogP contribution in [0, 0.1) is 6.92 Å². The van der Waals surface area contributed by atoms with Gasteiger partial charge in [0.1, 0.15) is 12.4 Å². The molecule has 1 saturated heterocycles. The Morgan fingerprint density at radius 3 is 3.00 bits per heavy atom. The SMILES string of the molecule is Cc1ccccc1C1CN(c2nccn3cnnc23)C(C)CO1. The van der Waals surface area contributed by atoms with Crippen molar-refractivity contribution in [3.8, 4) is 0 Å². The van der Waals surface area contributed by atoms with Gasteiger partial charge < -0.3 is 9.64 Å². The third kappa shape index (κ3) is 2.45. The van der Waals surface area contributed by atoms with Gasteiger partial charge in [0, 0.05) is 12.4 Å². The first-order valence-corrected chi connectivity index (χ1v) is 7.82. The molecule has 1 aromatic carbocycles. The molecule has 0 amide bonds. The molecule has 2 unspecified atom stereocenters. The summed E-state index contributed by atoms with van der Waals surface area (Å²) in [6.45, 7) is 5.69. The van der Waals surface area contributed by atoms with Crippen molar-refractivity contribution < 1.29 is 4.74 Å². The lowest BCUT2D eigenvalue weighted by Gasteiger charge is -2.39. The number of hydrogen-bond donors (Lipinski definition) is 0. The summed E-state index contributed by atoms with van der Waals surface area (Å²) in [4.78, 5) is 6.82. The van der Waals surface area contributed by atoms with Crippen molar-refractivity contribution in [1.29, 1.82) is 0 Å². The molecule has 3 aromatic rings. The van der Waals surface area contributed by atoms with Gasteiger partial charge in [-0.05, 0) is 25.0 Å². The number of anilines is 1. The predicted octanol–water partition coefficient (Wildman–Crippen LogP) is 2.40. The fraction of sp³-hybridized carbons (Fsp3) is 0.353. The lowest BCUT2D eigenvalue weighted by atomic mass is 10.0. The van der Waals surface area contributed by atoms with E-state index in [9.17, 15) is 0 Å². The highest BCUT2D eigenvalue weighted by Crippen LogP contribution is 2.30. The predicted molar refractivity (Wildman–Crippen MR) is 87.5 cm³/mol. The molecular weight excluding hydrogens is 290 g/mol. The molecule has 1 aliphatic rings. The Hall–Kier alpha value is -2.47. The number of aryl methyl sites for hydroxylation is 1. The number of nitrogens with zero attached hydrogens (tertiary/aromatic N) is 5. The van der Waals surface area contributed by atoms with E-state index in [1.165, 1.54) is 11.1 Å². The van der Waals surface area contributed by atoms with Crippen LogP contribution in [0.2, 0.25) is 0 Å². The molecule has 6 nitrogen and oxygen atoms in total. The van der Waals surface area contributed by atoms with Crippen LogP contribution < -0.4 is 4.90 Å². The van der Waals surface area contributed by atoms with Gasteiger partial charge in [0.15, 0.2) is 5.82 Å². The maximum atomic E-state index is 6.09. The van der Waals surface area contributed by atoms with Gasteiger partial charge >= 0.3 is 0 Å². The smallest absolute Gasteiger partial charge is 0.203 e. The van der Waals surface area contributed by atoms with Crippen LogP contribution in [0.5, 0.6) is 0 Å². The molecule has 23 heavy (non-hydrogen) atoms. The largest absolute Gasteiger partial charge is 0.370 e. The molecule has 2 atom stereocenters. The van der Waals surface area contributed by atoms with Crippen molar-refractivity contribution >= 4 is 11.5 Å². The standard InChI is InChI=1S/C17H19N5O/c1-12-5-3-4-6-14(12)15-9-22(13(2)10-23-15)16-17-20-19-11-21(17)8-7-18-16/h3-8,11,13,15H,9-10H2,1-2H3. The first-order valence-electron chi connectivity index (χ1n) is 7.82. The van der Waals surface area contributed by atoms with Crippen molar-refractivity contribution in [1.82, 2.24) is 19.6 Å². The zero-order valence-electron chi connectivity index (χ0n) is 13.3. The summed E-state index contributed by atoms with van der Waals surface area (Å²) in [5.41, 5.74) is 3.27. The quantitative estimate of drug-likeness (QED) is 0.727. The Kier molecular flexibility index (Phi) is 3.46. The van der Waals surface area contributed by atoms with Crippen molar-refractivity contribution in [3.63, 3.8) is 0 Å². The molecular formula is C17H19N5O. The zero-order chi connectivity index (χ0) is 15.8. The van der Waals surface area contributed by atoms with E-state index in [0.717, 1.165) is 18.0 Å². The van der Waals surface area contributed by atoms with E-state index in [1.54, 1.807) is 12.5 Å². The number of hydrogen-bond acceptors (Lipinski definition) is 5. The van der Waals surface area contributed by atoms with Gasteiger partial charge in [0.2, 0.25) is 5.65 Å². The molecule has 0 radical (unpaired) electrons. The Bertz CT molecular complexity index is 830.